The Morgan fingerprint density at radius 1 is 1.21 bits per heavy atom. The highest BCUT2D eigenvalue weighted by Gasteiger charge is 2.24. The van der Waals surface area contributed by atoms with Crippen LogP contribution in [0.3, 0.4) is 0 Å². The lowest BCUT2D eigenvalue weighted by Crippen LogP contribution is -2.54. The van der Waals surface area contributed by atoms with Crippen LogP contribution in [0.25, 0.3) is 0 Å². The molecule has 1 atom stereocenters. The fourth-order valence-corrected chi connectivity index (χ4v) is 1.74. The van der Waals surface area contributed by atoms with Crippen LogP contribution in [0.5, 0.6) is 0 Å². The second-order valence-electron chi connectivity index (χ2n) is 4.99. The summed E-state index contributed by atoms with van der Waals surface area (Å²) >= 11 is 0. The van der Waals surface area contributed by atoms with Crippen LogP contribution in [0.15, 0.2) is 0 Å². The van der Waals surface area contributed by atoms with Gasteiger partial charge in [-0.05, 0) is 19.3 Å². The first-order valence-electron chi connectivity index (χ1n) is 7.01. The number of carbonyl (C=O) groups excluding carboxylic acids is 2. The van der Waals surface area contributed by atoms with Gasteiger partial charge in [-0.25, -0.2) is 4.79 Å². The zero-order valence-electron chi connectivity index (χ0n) is 12.3. The van der Waals surface area contributed by atoms with E-state index in [9.17, 15) is 9.59 Å². The van der Waals surface area contributed by atoms with E-state index >= 15 is 0 Å². The van der Waals surface area contributed by atoms with E-state index in [0.29, 0.717) is 13.0 Å². The second kappa shape index (κ2) is 8.74. The first-order valence-corrected chi connectivity index (χ1v) is 7.01. The van der Waals surface area contributed by atoms with E-state index in [2.05, 4.69) is 10.6 Å². The summed E-state index contributed by atoms with van der Waals surface area (Å²) in [6.07, 6.45) is 3.96. The average Bonchev–Trinajstić information content (AvgIpc) is 2.40. The number of hydrogen-bond donors (Lipinski definition) is 4. The molecule has 0 aromatic carbocycles. The fraction of sp³-hybridized carbons (Fsp3) is 0.846. The van der Waals surface area contributed by atoms with Crippen molar-refractivity contribution in [3.8, 4) is 0 Å². The summed E-state index contributed by atoms with van der Waals surface area (Å²) in [6.45, 7) is 6.41. The minimum absolute atomic E-state index is 0.219. The third-order valence-corrected chi connectivity index (χ3v) is 3.50. The molecular formula is C13H28N4O2. The molecule has 3 amide bonds. The van der Waals surface area contributed by atoms with Gasteiger partial charge in [0, 0.05) is 12.1 Å². The predicted octanol–water partition coefficient (Wildman–Crippen LogP) is 0.847. The van der Waals surface area contributed by atoms with Crippen molar-refractivity contribution in [2.45, 2.75) is 64.5 Å². The van der Waals surface area contributed by atoms with Crippen molar-refractivity contribution in [1.29, 1.82) is 0 Å². The zero-order valence-corrected chi connectivity index (χ0v) is 12.3. The first kappa shape index (κ1) is 17.7. The maximum Gasteiger partial charge on any atom is 0.312 e. The number of nitrogens with two attached hydrogens (primary N) is 2. The molecule has 6 N–H and O–H groups in total. The maximum atomic E-state index is 12.0. The number of primary amides is 1. The molecule has 0 aromatic heterocycles. The topological polar surface area (TPSA) is 110 Å². The van der Waals surface area contributed by atoms with Gasteiger partial charge in [-0.15, -0.1) is 0 Å². The SMILES string of the molecule is CCCCC(NC(N)=O)C(=O)NCC(N)(CC)CC. The summed E-state index contributed by atoms with van der Waals surface area (Å²) in [7, 11) is 0. The van der Waals surface area contributed by atoms with Gasteiger partial charge in [0.25, 0.3) is 0 Å². The van der Waals surface area contributed by atoms with E-state index in [-0.39, 0.29) is 5.91 Å². The molecule has 0 aliphatic heterocycles. The molecule has 6 heteroatoms. The quantitative estimate of drug-likeness (QED) is 0.499. The predicted molar refractivity (Wildman–Crippen MR) is 76.5 cm³/mol. The summed E-state index contributed by atoms with van der Waals surface area (Å²) in [6, 6.07) is -1.25. The number of carbonyl (C=O) groups is 2. The van der Waals surface area contributed by atoms with Gasteiger partial charge in [-0.3, -0.25) is 4.79 Å². The molecule has 0 spiro atoms. The van der Waals surface area contributed by atoms with Crippen LogP contribution >= 0.6 is 0 Å². The Hall–Kier alpha value is -1.30. The number of unbranched alkanes of at least 4 members (excludes halogenated alkanes) is 1. The monoisotopic (exact) mass is 272 g/mol. The smallest absolute Gasteiger partial charge is 0.312 e. The molecule has 0 radical (unpaired) electrons. The Labute approximate surface area is 115 Å². The highest BCUT2D eigenvalue weighted by atomic mass is 16.2. The molecule has 0 saturated heterocycles. The number of rotatable bonds is 9. The van der Waals surface area contributed by atoms with Gasteiger partial charge in [0.1, 0.15) is 6.04 Å². The normalized spacial score (nSPS) is 12.8. The third kappa shape index (κ3) is 7.00. The van der Waals surface area contributed by atoms with Crippen LogP contribution < -0.4 is 22.1 Å². The maximum absolute atomic E-state index is 12.0. The standard InChI is InChI=1S/C13H28N4O2/c1-4-7-8-10(17-12(14)19)11(18)16-9-13(15,5-2)6-3/h10H,4-9,15H2,1-3H3,(H,16,18)(H3,14,17,19). The lowest BCUT2D eigenvalue weighted by Gasteiger charge is -2.28. The van der Waals surface area contributed by atoms with E-state index in [1.807, 2.05) is 20.8 Å². The fourth-order valence-electron chi connectivity index (χ4n) is 1.74. The zero-order chi connectivity index (χ0) is 14.9. The van der Waals surface area contributed by atoms with Crippen molar-refractivity contribution in [2.75, 3.05) is 6.54 Å². The van der Waals surface area contributed by atoms with Crippen LogP contribution in [-0.2, 0) is 4.79 Å². The van der Waals surface area contributed by atoms with Crippen molar-refractivity contribution in [3.05, 3.63) is 0 Å². The molecule has 19 heavy (non-hydrogen) atoms. The van der Waals surface area contributed by atoms with Gasteiger partial charge in [0.2, 0.25) is 5.91 Å². The number of urea groups is 1. The summed E-state index contributed by atoms with van der Waals surface area (Å²) in [5.41, 5.74) is 10.8. The van der Waals surface area contributed by atoms with Gasteiger partial charge in [0.05, 0.1) is 0 Å². The largest absolute Gasteiger partial charge is 0.352 e. The summed E-state index contributed by atoms with van der Waals surface area (Å²) in [4.78, 5) is 22.9. The molecule has 0 aromatic rings. The molecule has 0 aliphatic carbocycles. The Morgan fingerprint density at radius 2 is 1.79 bits per heavy atom. The molecule has 112 valence electrons. The summed E-state index contributed by atoms with van der Waals surface area (Å²) in [5, 5.41) is 5.28. The van der Waals surface area contributed by atoms with Gasteiger partial charge in [0.15, 0.2) is 0 Å². The van der Waals surface area contributed by atoms with Crippen LogP contribution in [-0.4, -0.2) is 30.1 Å². The first-order chi connectivity index (χ1) is 8.88. The number of amides is 3. The van der Waals surface area contributed by atoms with Gasteiger partial charge < -0.3 is 22.1 Å². The molecule has 0 aliphatic rings. The van der Waals surface area contributed by atoms with Crippen molar-refractivity contribution in [3.63, 3.8) is 0 Å². The summed E-state index contributed by atoms with van der Waals surface area (Å²) in [5.74, 6) is -0.219. The molecular weight excluding hydrogens is 244 g/mol. The molecule has 0 saturated carbocycles. The van der Waals surface area contributed by atoms with Crippen molar-refractivity contribution in [1.82, 2.24) is 10.6 Å². The van der Waals surface area contributed by atoms with E-state index < -0.39 is 17.6 Å². The number of hydrogen-bond acceptors (Lipinski definition) is 3. The van der Waals surface area contributed by atoms with Gasteiger partial charge >= 0.3 is 6.03 Å². The molecule has 6 nitrogen and oxygen atoms in total. The van der Waals surface area contributed by atoms with Gasteiger partial charge in [-0.1, -0.05) is 33.6 Å². The van der Waals surface area contributed by atoms with E-state index in [4.69, 9.17) is 11.5 Å². The lowest BCUT2D eigenvalue weighted by atomic mass is 9.94. The lowest BCUT2D eigenvalue weighted by molar-refractivity contribution is -0.123. The Morgan fingerprint density at radius 3 is 2.21 bits per heavy atom. The van der Waals surface area contributed by atoms with E-state index in [1.54, 1.807) is 0 Å². The highest BCUT2D eigenvalue weighted by molar-refractivity contribution is 5.86. The van der Waals surface area contributed by atoms with Gasteiger partial charge in [-0.2, -0.15) is 0 Å². The molecule has 0 bridgehead atoms. The Kier molecular flexibility index (Phi) is 8.14. The Balaban J connectivity index is 4.42. The van der Waals surface area contributed by atoms with Crippen molar-refractivity contribution in [2.24, 2.45) is 11.5 Å². The van der Waals surface area contributed by atoms with Crippen molar-refractivity contribution < 1.29 is 9.59 Å². The summed E-state index contributed by atoms with van der Waals surface area (Å²) < 4.78 is 0. The van der Waals surface area contributed by atoms with Crippen LogP contribution in [0.2, 0.25) is 0 Å². The van der Waals surface area contributed by atoms with E-state index in [0.717, 1.165) is 25.7 Å². The minimum atomic E-state index is -0.679. The Bertz CT molecular complexity index is 290. The minimum Gasteiger partial charge on any atom is -0.352 e. The van der Waals surface area contributed by atoms with Crippen LogP contribution in [0.4, 0.5) is 4.79 Å². The third-order valence-electron chi connectivity index (χ3n) is 3.50. The molecule has 1 unspecified atom stereocenters. The molecule has 0 rings (SSSR count). The second-order valence-corrected chi connectivity index (χ2v) is 4.99. The average molecular weight is 272 g/mol. The van der Waals surface area contributed by atoms with Crippen LogP contribution in [0, 0.1) is 0 Å². The molecule has 0 heterocycles. The van der Waals surface area contributed by atoms with Crippen LogP contribution in [0.1, 0.15) is 52.9 Å². The highest BCUT2D eigenvalue weighted by Crippen LogP contribution is 2.09. The number of nitrogens with one attached hydrogen (secondary N) is 2. The molecule has 0 fully saturated rings. The van der Waals surface area contributed by atoms with E-state index in [1.165, 1.54) is 0 Å². The van der Waals surface area contributed by atoms with Crippen molar-refractivity contribution >= 4 is 11.9 Å².